The van der Waals surface area contributed by atoms with Crippen LogP contribution in [0.2, 0.25) is 0 Å². The molecule has 1 aliphatic heterocycles. The van der Waals surface area contributed by atoms with Gasteiger partial charge in [0.05, 0.1) is 6.04 Å². The van der Waals surface area contributed by atoms with E-state index in [0.717, 1.165) is 16.7 Å². The van der Waals surface area contributed by atoms with E-state index in [9.17, 15) is 14.4 Å². The predicted molar refractivity (Wildman–Crippen MR) is 87.9 cm³/mol. The Balaban J connectivity index is 2.03. The molecule has 2 atom stereocenters. The summed E-state index contributed by atoms with van der Waals surface area (Å²) < 4.78 is 0. The number of Topliss-reactive ketones (excluding diaryl/α,β-unsaturated/α-hetero) is 2. The minimum absolute atomic E-state index is 0.251. The second-order valence-electron chi connectivity index (χ2n) is 6.10. The van der Waals surface area contributed by atoms with Gasteiger partial charge < -0.3 is 4.90 Å². The molecular weight excluding hydrogens is 304 g/mol. The lowest BCUT2D eigenvalue weighted by molar-refractivity contribution is -0.142. The zero-order chi connectivity index (χ0) is 17.3. The zero-order valence-corrected chi connectivity index (χ0v) is 13.6. The first-order chi connectivity index (χ1) is 11.5. The lowest BCUT2D eigenvalue weighted by Gasteiger charge is -2.27. The molecule has 0 bridgehead atoms. The summed E-state index contributed by atoms with van der Waals surface area (Å²) in [6.07, 6.45) is 3.31. The third-order valence-corrected chi connectivity index (χ3v) is 4.34. The molecule has 5 heteroatoms. The van der Waals surface area contributed by atoms with Gasteiger partial charge in [-0.05, 0) is 31.0 Å². The van der Waals surface area contributed by atoms with E-state index in [1.165, 1.54) is 11.8 Å². The Bertz CT molecular complexity index is 784. The zero-order valence-electron chi connectivity index (χ0n) is 13.6. The summed E-state index contributed by atoms with van der Waals surface area (Å²) in [5, 5.41) is 0. The highest BCUT2D eigenvalue weighted by Gasteiger charge is 2.50. The fourth-order valence-electron chi connectivity index (χ4n) is 3.13. The number of nitrogens with zero attached hydrogens (tertiary/aromatic N) is 2. The monoisotopic (exact) mass is 322 g/mol. The number of aromatic nitrogens is 1. The first-order valence-electron chi connectivity index (χ1n) is 7.80. The maximum Gasteiger partial charge on any atom is 0.291 e. The Morgan fingerprint density at radius 2 is 1.88 bits per heavy atom. The normalized spacial score (nSPS) is 20.5. The minimum atomic E-state index is -0.947. The van der Waals surface area contributed by atoms with E-state index >= 15 is 0 Å². The van der Waals surface area contributed by atoms with Gasteiger partial charge in [0, 0.05) is 18.9 Å². The summed E-state index contributed by atoms with van der Waals surface area (Å²) in [4.78, 5) is 42.4. The van der Waals surface area contributed by atoms with Crippen LogP contribution in [0, 0.1) is 12.8 Å². The van der Waals surface area contributed by atoms with E-state index < -0.39 is 23.7 Å². The molecule has 0 saturated carbocycles. The van der Waals surface area contributed by atoms with Gasteiger partial charge >= 0.3 is 0 Å². The van der Waals surface area contributed by atoms with Gasteiger partial charge in [0.2, 0.25) is 5.78 Å². The Hall–Kier alpha value is -2.82. The number of amides is 1. The Morgan fingerprint density at radius 3 is 2.46 bits per heavy atom. The van der Waals surface area contributed by atoms with E-state index in [1.54, 1.807) is 18.5 Å². The van der Waals surface area contributed by atoms with Crippen LogP contribution < -0.4 is 0 Å². The molecule has 24 heavy (non-hydrogen) atoms. The van der Waals surface area contributed by atoms with Crippen LogP contribution in [0.25, 0.3) is 0 Å². The van der Waals surface area contributed by atoms with Gasteiger partial charge in [-0.2, -0.15) is 0 Å². The number of likely N-dealkylation sites (tertiary alicyclic amines) is 1. The van der Waals surface area contributed by atoms with Crippen LogP contribution in [-0.4, -0.2) is 27.4 Å². The molecule has 5 nitrogen and oxygen atoms in total. The number of benzene rings is 1. The Kier molecular flexibility index (Phi) is 4.25. The summed E-state index contributed by atoms with van der Waals surface area (Å²) in [7, 11) is 0. The van der Waals surface area contributed by atoms with E-state index in [2.05, 4.69) is 4.98 Å². The van der Waals surface area contributed by atoms with Crippen molar-refractivity contribution in [2.75, 3.05) is 0 Å². The molecule has 1 aromatic carbocycles. The van der Waals surface area contributed by atoms with Crippen LogP contribution in [0.3, 0.4) is 0 Å². The molecule has 1 aliphatic rings. The fraction of sp³-hybridized carbons (Fsp3) is 0.263. The van der Waals surface area contributed by atoms with Crippen LogP contribution in [0.1, 0.15) is 29.7 Å². The number of pyridine rings is 1. The SMILES string of the molecule is CC(=O)C1C(=O)C(=O)N(Cc2cccnc2)C1c1ccc(C)cc1. The number of carbonyl (C=O) groups is 3. The third kappa shape index (κ3) is 2.85. The van der Waals surface area contributed by atoms with Crippen LogP contribution in [-0.2, 0) is 20.9 Å². The van der Waals surface area contributed by atoms with E-state index in [4.69, 9.17) is 0 Å². The van der Waals surface area contributed by atoms with Crippen molar-refractivity contribution in [2.45, 2.75) is 26.4 Å². The van der Waals surface area contributed by atoms with E-state index in [1.807, 2.05) is 37.3 Å². The molecule has 0 aliphatic carbocycles. The van der Waals surface area contributed by atoms with Crippen molar-refractivity contribution in [3.05, 3.63) is 65.5 Å². The Labute approximate surface area is 140 Å². The first kappa shape index (κ1) is 16.1. The third-order valence-electron chi connectivity index (χ3n) is 4.34. The van der Waals surface area contributed by atoms with Gasteiger partial charge in [-0.3, -0.25) is 19.4 Å². The smallest absolute Gasteiger partial charge is 0.291 e. The number of carbonyl (C=O) groups excluding carboxylic acids is 3. The van der Waals surface area contributed by atoms with Crippen molar-refractivity contribution in [3.8, 4) is 0 Å². The van der Waals surface area contributed by atoms with Gasteiger partial charge in [-0.15, -0.1) is 0 Å². The standard InChI is InChI=1S/C19H18N2O3/c1-12-5-7-15(8-6-12)17-16(13(2)22)18(23)19(24)21(17)11-14-4-3-9-20-10-14/h3-10,16-17H,11H2,1-2H3. The van der Waals surface area contributed by atoms with Crippen LogP contribution in [0.4, 0.5) is 0 Å². The summed E-state index contributed by atoms with van der Waals surface area (Å²) in [6, 6.07) is 10.6. The molecule has 2 aromatic rings. The maximum atomic E-state index is 12.5. The summed E-state index contributed by atoms with van der Waals surface area (Å²) in [6.45, 7) is 3.58. The lowest BCUT2D eigenvalue weighted by Crippen LogP contribution is -2.30. The highest BCUT2D eigenvalue weighted by Crippen LogP contribution is 2.37. The topological polar surface area (TPSA) is 67.3 Å². The molecule has 1 amide bonds. The quantitative estimate of drug-likeness (QED) is 0.639. The molecule has 0 spiro atoms. The maximum absolute atomic E-state index is 12.5. The lowest BCUT2D eigenvalue weighted by atomic mass is 9.89. The van der Waals surface area contributed by atoms with Gasteiger partial charge in [0.25, 0.3) is 5.91 Å². The number of rotatable bonds is 4. The number of hydrogen-bond acceptors (Lipinski definition) is 4. The number of ketones is 2. The molecule has 0 radical (unpaired) electrons. The van der Waals surface area contributed by atoms with E-state index in [0.29, 0.717) is 0 Å². The van der Waals surface area contributed by atoms with Crippen molar-refractivity contribution >= 4 is 17.5 Å². The Morgan fingerprint density at radius 1 is 1.17 bits per heavy atom. The van der Waals surface area contributed by atoms with Gasteiger partial charge in [-0.1, -0.05) is 35.9 Å². The second kappa shape index (κ2) is 6.35. The number of aryl methyl sites for hydroxylation is 1. The first-order valence-corrected chi connectivity index (χ1v) is 7.80. The molecule has 2 heterocycles. The van der Waals surface area contributed by atoms with Gasteiger partial charge in [-0.25, -0.2) is 0 Å². The van der Waals surface area contributed by atoms with Gasteiger partial charge in [0.15, 0.2) is 0 Å². The molecule has 3 rings (SSSR count). The van der Waals surface area contributed by atoms with E-state index in [-0.39, 0.29) is 12.3 Å². The average Bonchev–Trinajstić information content (AvgIpc) is 2.82. The minimum Gasteiger partial charge on any atom is -0.323 e. The largest absolute Gasteiger partial charge is 0.323 e. The summed E-state index contributed by atoms with van der Waals surface area (Å²) in [5.41, 5.74) is 2.69. The van der Waals surface area contributed by atoms with Crippen molar-refractivity contribution in [2.24, 2.45) is 5.92 Å². The molecule has 1 aromatic heterocycles. The number of hydrogen-bond donors (Lipinski definition) is 0. The highest BCUT2D eigenvalue weighted by atomic mass is 16.2. The van der Waals surface area contributed by atoms with Crippen molar-refractivity contribution < 1.29 is 14.4 Å². The van der Waals surface area contributed by atoms with Crippen LogP contribution >= 0.6 is 0 Å². The molecule has 122 valence electrons. The van der Waals surface area contributed by atoms with Crippen molar-refractivity contribution in [1.82, 2.24) is 9.88 Å². The second-order valence-corrected chi connectivity index (χ2v) is 6.10. The van der Waals surface area contributed by atoms with Gasteiger partial charge in [0.1, 0.15) is 11.7 Å². The van der Waals surface area contributed by atoms with Crippen LogP contribution in [0.15, 0.2) is 48.8 Å². The van der Waals surface area contributed by atoms with Crippen LogP contribution in [0.5, 0.6) is 0 Å². The molecule has 0 N–H and O–H groups in total. The van der Waals surface area contributed by atoms with Crippen molar-refractivity contribution in [1.29, 1.82) is 0 Å². The fourth-order valence-corrected chi connectivity index (χ4v) is 3.13. The molecule has 1 fully saturated rings. The summed E-state index contributed by atoms with van der Waals surface area (Å²) in [5.74, 6) is -2.47. The summed E-state index contributed by atoms with van der Waals surface area (Å²) >= 11 is 0. The molecule has 1 saturated heterocycles. The molecule has 2 unspecified atom stereocenters. The predicted octanol–water partition coefficient (Wildman–Crippen LogP) is 2.25. The van der Waals surface area contributed by atoms with Crippen molar-refractivity contribution in [3.63, 3.8) is 0 Å². The average molecular weight is 322 g/mol. The highest BCUT2D eigenvalue weighted by molar-refractivity contribution is 6.42. The molecular formula is C19H18N2O3.